The Morgan fingerprint density at radius 2 is 1.71 bits per heavy atom. The lowest BCUT2D eigenvalue weighted by Crippen LogP contribution is -2.23. The fourth-order valence-corrected chi connectivity index (χ4v) is 3.12. The Balaban J connectivity index is 2.52. The van der Waals surface area contributed by atoms with Crippen molar-refractivity contribution in [2.75, 3.05) is 6.54 Å². The Morgan fingerprint density at radius 1 is 1.05 bits per heavy atom. The second kappa shape index (κ2) is 7.12. The van der Waals surface area contributed by atoms with Crippen LogP contribution in [0.2, 0.25) is 5.02 Å². The van der Waals surface area contributed by atoms with E-state index < -0.39 is 0 Å². The molecule has 21 heavy (non-hydrogen) atoms. The molecule has 0 radical (unpaired) electrons. The maximum absolute atomic E-state index is 6.31. The summed E-state index contributed by atoms with van der Waals surface area (Å²) in [6, 6.07) is 11.1. The molecule has 1 nitrogen and oxygen atoms in total. The van der Waals surface area contributed by atoms with Gasteiger partial charge in [0.15, 0.2) is 0 Å². The highest BCUT2D eigenvalue weighted by atomic mass is 127. The molecule has 1 unspecified atom stereocenters. The van der Waals surface area contributed by atoms with Crippen LogP contribution < -0.4 is 5.32 Å². The molecule has 2 aromatic carbocycles. The summed E-state index contributed by atoms with van der Waals surface area (Å²) < 4.78 is 1.09. The summed E-state index contributed by atoms with van der Waals surface area (Å²) in [4.78, 5) is 0. The summed E-state index contributed by atoms with van der Waals surface area (Å²) in [5.74, 6) is 0. The van der Waals surface area contributed by atoms with Gasteiger partial charge in [0.1, 0.15) is 0 Å². The summed E-state index contributed by atoms with van der Waals surface area (Å²) in [5, 5.41) is 4.41. The molecule has 1 atom stereocenters. The molecule has 0 aliphatic rings. The van der Waals surface area contributed by atoms with E-state index in [0.29, 0.717) is 0 Å². The van der Waals surface area contributed by atoms with E-state index in [9.17, 15) is 0 Å². The van der Waals surface area contributed by atoms with Gasteiger partial charge in [0.2, 0.25) is 0 Å². The molecule has 112 valence electrons. The van der Waals surface area contributed by atoms with Gasteiger partial charge in [0.25, 0.3) is 0 Å². The zero-order valence-corrected chi connectivity index (χ0v) is 15.8. The third kappa shape index (κ3) is 3.79. The molecule has 0 spiro atoms. The Hall–Kier alpha value is -0.580. The van der Waals surface area contributed by atoms with E-state index >= 15 is 0 Å². The van der Waals surface area contributed by atoms with Crippen molar-refractivity contribution in [2.24, 2.45) is 0 Å². The summed E-state index contributed by atoms with van der Waals surface area (Å²) >= 11 is 8.57. The van der Waals surface area contributed by atoms with Crippen LogP contribution in [0.5, 0.6) is 0 Å². The largest absolute Gasteiger partial charge is 0.307 e. The molecule has 2 rings (SSSR count). The average Bonchev–Trinajstić information content (AvgIpc) is 2.44. The Kier molecular flexibility index (Phi) is 5.69. The first-order chi connectivity index (χ1) is 9.93. The number of aryl methyl sites for hydroxylation is 3. The number of hydrogen-bond donors (Lipinski definition) is 1. The molecular formula is C18H21ClIN. The molecule has 0 fully saturated rings. The van der Waals surface area contributed by atoms with Crippen LogP contribution in [0, 0.1) is 24.3 Å². The van der Waals surface area contributed by atoms with Crippen LogP contribution in [0.25, 0.3) is 0 Å². The first-order valence-electron chi connectivity index (χ1n) is 7.20. The topological polar surface area (TPSA) is 12.0 Å². The number of halogens is 2. The Labute approximate surface area is 146 Å². The van der Waals surface area contributed by atoms with Crippen LogP contribution in [0.1, 0.15) is 40.8 Å². The number of rotatable bonds is 4. The van der Waals surface area contributed by atoms with Crippen molar-refractivity contribution in [1.82, 2.24) is 5.32 Å². The minimum absolute atomic E-state index is 0.184. The van der Waals surface area contributed by atoms with Gasteiger partial charge in [0, 0.05) is 3.57 Å². The van der Waals surface area contributed by atoms with E-state index in [0.717, 1.165) is 15.1 Å². The molecule has 3 heteroatoms. The predicted molar refractivity (Wildman–Crippen MR) is 100 cm³/mol. The SMILES string of the molecule is CCNC(c1ccc(I)c(Cl)c1)c1cc(C)c(C)cc1C. The quantitative estimate of drug-likeness (QED) is 0.646. The monoisotopic (exact) mass is 413 g/mol. The zero-order valence-electron chi connectivity index (χ0n) is 12.9. The Morgan fingerprint density at radius 3 is 2.33 bits per heavy atom. The number of hydrogen-bond acceptors (Lipinski definition) is 1. The second-order valence-corrected chi connectivity index (χ2v) is 7.03. The molecular weight excluding hydrogens is 393 g/mol. The van der Waals surface area contributed by atoms with E-state index in [2.05, 4.69) is 85.9 Å². The fraction of sp³-hybridized carbons (Fsp3) is 0.333. The molecule has 0 saturated carbocycles. The molecule has 0 aliphatic carbocycles. The van der Waals surface area contributed by atoms with Gasteiger partial charge in [-0.3, -0.25) is 0 Å². The van der Waals surface area contributed by atoms with Crippen molar-refractivity contribution in [1.29, 1.82) is 0 Å². The van der Waals surface area contributed by atoms with E-state index in [1.54, 1.807) is 0 Å². The van der Waals surface area contributed by atoms with Crippen LogP contribution in [-0.4, -0.2) is 6.54 Å². The highest BCUT2D eigenvalue weighted by Crippen LogP contribution is 2.30. The molecule has 0 heterocycles. The van der Waals surface area contributed by atoms with Crippen LogP contribution in [0.15, 0.2) is 30.3 Å². The lowest BCUT2D eigenvalue weighted by Gasteiger charge is -2.22. The third-order valence-electron chi connectivity index (χ3n) is 3.88. The minimum Gasteiger partial charge on any atom is -0.307 e. The van der Waals surface area contributed by atoms with Crippen molar-refractivity contribution in [3.63, 3.8) is 0 Å². The number of benzene rings is 2. The fourth-order valence-electron chi connectivity index (χ4n) is 2.60. The predicted octanol–water partition coefficient (Wildman–Crippen LogP) is 5.57. The molecule has 0 saturated heterocycles. The highest BCUT2D eigenvalue weighted by molar-refractivity contribution is 14.1. The molecule has 0 aliphatic heterocycles. The molecule has 1 N–H and O–H groups in total. The summed E-state index contributed by atoms with van der Waals surface area (Å²) in [6.45, 7) is 9.57. The highest BCUT2D eigenvalue weighted by Gasteiger charge is 2.17. The van der Waals surface area contributed by atoms with Crippen LogP contribution in [0.4, 0.5) is 0 Å². The van der Waals surface area contributed by atoms with Gasteiger partial charge in [-0.1, -0.05) is 36.7 Å². The maximum Gasteiger partial charge on any atom is 0.0579 e. The van der Waals surface area contributed by atoms with Gasteiger partial charge in [-0.15, -0.1) is 0 Å². The normalized spacial score (nSPS) is 12.5. The molecule has 0 bridgehead atoms. The maximum atomic E-state index is 6.31. The van der Waals surface area contributed by atoms with Gasteiger partial charge >= 0.3 is 0 Å². The van der Waals surface area contributed by atoms with E-state index in [1.165, 1.54) is 27.8 Å². The lowest BCUT2D eigenvalue weighted by atomic mass is 9.91. The van der Waals surface area contributed by atoms with Gasteiger partial charge in [-0.05, 0) is 89.9 Å². The summed E-state index contributed by atoms with van der Waals surface area (Å²) in [7, 11) is 0. The van der Waals surface area contributed by atoms with Gasteiger partial charge in [-0.25, -0.2) is 0 Å². The van der Waals surface area contributed by atoms with E-state index in [1.807, 2.05) is 0 Å². The molecule has 2 aromatic rings. The molecule has 0 amide bonds. The molecule has 0 aromatic heterocycles. The van der Waals surface area contributed by atoms with Crippen molar-refractivity contribution in [3.8, 4) is 0 Å². The second-order valence-electron chi connectivity index (χ2n) is 5.46. The third-order valence-corrected chi connectivity index (χ3v) is 5.45. The standard InChI is InChI=1S/C18H21ClIN/c1-5-21-18(14-6-7-17(20)16(19)10-14)15-9-12(3)11(2)8-13(15)4/h6-10,18,21H,5H2,1-4H3. The van der Waals surface area contributed by atoms with Gasteiger partial charge < -0.3 is 5.32 Å². The van der Waals surface area contributed by atoms with Crippen molar-refractivity contribution in [3.05, 3.63) is 66.7 Å². The summed E-state index contributed by atoms with van der Waals surface area (Å²) in [6.07, 6.45) is 0. The number of nitrogens with one attached hydrogen (secondary N) is 1. The summed E-state index contributed by atoms with van der Waals surface area (Å²) in [5.41, 5.74) is 6.53. The van der Waals surface area contributed by atoms with E-state index in [4.69, 9.17) is 11.6 Å². The van der Waals surface area contributed by atoms with Crippen molar-refractivity contribution >= 4 is 34.2 Å². The first-order valence-corrected chi connectivity index (χ1v) is 8.65. The van der Waals surface area contributed by atoms with Gasteiger partial charge in [-0.2, -0.15) is 0 Å². The first kappa shape index (κ1) is 16.8. The van der Waals surface area contributed by atoms with Crippen LogP contribution in [0.3, 0.4) is 0 Å². The van der Waals surface area contributed by atoms with Crippen molar-refractivity contribution in [2.45, 2.75) is 33.7 Å². The van der Waals surface area contributed by atoms with Crippen LogP contribution in [-0.2, 0) is 0 Å². The van der Waals surface area contributed by atoms with Gasteiger partial charge in [0.05, 0.1) is 11.1 Å². The smallest absolute Gasteiger partial charge is 0.0579 e. The Bertz CT molecular complexity index is 652. The van der Waals surface area contributed by atoms with E-state index in [-0.39, 0.29) is 6.04 Å². The lowest BCUT2D eigenvalue weighted by molar-refractivity contribution is 0.627. The average molecular weight is 414 g/mol. The zero-order chi connectivity index (χ0) is 15.6. The minimum atomic E-state index is 0.184. The van der Waals surface area contributed by atoms with Crippen molar-refractivity contribution < 1.29 is 0 Å². The van der Waals surface area contributed by atoms with Crippen LogP contribution >= 0.6 is 34.2 Å².